The number of rotatable bonds is 3. The Bertz CT molecular complexity index is 117. The molecule has 0 spiro atoms. The summed E-state index contributed by atoms with van der Waals surface area (Å²) in [5.41, 5.74) is 0. The molecule has 0 heterocycles. The van der Waals surface area contributed by atoms with E-state index in [1.807, 2.05) is 0 Å². The molecule has 0 radical (unpaired) electrons. The minimum atomic E-state index is -0.986. The highest BCUT2D eigenvalue weighted by atomic mass is 16.4. The first-order chi connectivity index (χ1) is 4.16. The molecule has 0 bridgehead atoms. The summed E-state index contributed by atoms with van der Waals surface area (Å²) >= 11 is 0. The van der Waals surface area contributed by atoms with Crippen molar-refractivity contribution in [3.05, 3.63) is 12.2 Å². The predicted molar refractivity (Wildman–Crippen MR) is 33.1 cm³/mol. The van der Waals surface area contributed by atoms with Gasteiger partial charge in [-0.1, -0.05) is 12.2 Å². The molecule has 0 aromatic rings. The van der Waals surface area contributed by atoms with Crippen LogP contribution < -0.4 is 0 Å². The molecule has 1 unspecified atom stereocenters. The van der Waals surface area contributed by atoms with Crippen molar-refractivity contribution in [1.29, 1.82) is 0 Å². The molecular formula is C6H10O3. The normalized spacial score (nSPS) is 14.0. The first-order valence-electron chi connectivity index (χ1n) is 2.69. The lowest BCUT2D eigenvalue weighted by Crippen LogP contribution is -2.09. The van der Waals surface area contributed by atoms with Crippen LogP contribution in [0.5, 0.6) is 0 Å². The summed E-state index contributed by atoms with van der Waals surface area (Å²) in [4.78, 5) is 9.89. The van der Waals surface area contributed by atoms with Crippen LogP contribution in [0.2, 0.25) is 0 Å². The number of aliphatic hydroxyl groups excluding tert-OH is 1. The van der Waals surface area contributed by atoms with Gasteiger partial charge in [-0.05, 0) is 6.92 Å². The van der Waals surface area contributed by atoms with Gasteiger partial charge in [0.05, 0.1) is 12.5 Å². The molecule has 0 aliphatic heterocycles. The van der Waals surface area contributed by atoms with E-state index in [0.717, 1.165) is 0 Å². The van der Waals surface area contributed by atoms with E-state index in [-0.39, 0.29) is 6.42 Å². The van der Waals surface area contributed by atoms with E-state index in [2.05, 4.69) is 0 Å². The van der Waals surface area contributed by atoms with Gasteiger partial charge in [-0.3, -0.25) is 4.79 Å². The molecule has 0 rings (SSSR count). The molecule has 0 aliphatic rings. The summed E-state index contributed by atoms with van der Waals surface area (Å²) in [5, 5.41) is 16.9. The van der Waals surface area contributed by atoms with Gasteiger partial charge in [0, 0.05) is 0 Å². The van der Waals surface area contributed by atoms with Crippen molar-refractivity contribution in [3.63, 3.8) is 0 Å². The van der Waals surface area contributed by atoms with Crippen molar-refractivity contribution in [2.24, 2.45) is 0 Å². The number of hydrogen-bond acceptors (Lipinski definition) is 2. The summed E-state index contributed by atoms with van der Waals surface area (Å²) in [6.07, 6.45) is 2.00. The van der Waals surface area contributed by atoms with E-state index in [1.54, 1.807) is 13.0 Å². The molecule has 2 N–H and O–H groups in total. The van der Waals surface area contributed by atoms with Crippen LogP contribution in [-0.2, 0) is 4.79 Å². The summed E-state index contributed by atoms with van der Waals surface area (Å²) < 4.78 is 0. The fraction of sp³-hybridized carbons (Fsp3) is 0.500. The van der Waals surface area contributed by atoms with Gasteiger partial charge in [-0.25, -0.2) is 0 Å². The highest BCUT2D eigenvalue weighted by Crippen LogP contribution is 1.91. The Morgan fingerprint density at radius 2 is 2.33 bits per heavy atom. The van der Waals surface area contributed by atoms with Crippen molar-refractivity contribution in [1.82, 2.24) is 0 Å². The third-order valence-electron chi connectivity index (χ3n) is 0.798. The van der Waals surface area contributed by atoms with Gasteiger partial charge >= 0.3 is 5.97 Å². The van der Waals surface area contributed by atoms with Crippen molar-refractivity contribution in [2.75, 3.05) is 0 Å². The largest absolute Gasteiger partial charge is 0.481 e. The van der Waals surface area contributed by atoms with E-state index >= 15 is 0 Å². The first kappa shape index (κ1) is 8.17. The summed E-state index contributed by atoms with van der Waals surface area (Å²) in [7, 11) is 0. The van der Waals surface area contributed by atoms with Gasteiger partial charge in [0.25, 0.3) is 0 Å². The fourth-order valence-corrected chi connectivity index (χ4v) is 0.469. The molecule has 3 nitrogen and oxygen atoms in total. The van der Waals surface area contributed by atoms with Crippen molar-refractivity contribution >= 4 is 5.97 Å². The van der Waals surface area contributed by atoms with Gasteiger partial charge in [-0.15, -0.1) is 0 Å². The maximum Gasteiger partial charge on any atom is 0.306 e. The average molecular weight is 130 g/mol. The highest BCUT2D eigenvalue weighted by Gasteiger charge is 2.03. The first-order valence-corrected chi connectivity index (χ1v) is 2.69. The molecular weight excluding hydrogens is 120 g/mol. The predicted octanol–water partition coefficient (Wildman–Crippen LogP) is 0.398. The van der Waals surface area contributed by atoms with E-state index < -0.39 is 12.1 Å². The number of aliphatic hydroxyl groups is 1. The number of hydrogen-bond donors (Lipinski definition) is 2. The number of aliphatic carboxylic acids is 1. The van der Waals surface area contributed by atoms with Crippen molar-refractivity contribution in [2.45, 2.75) is 19.4 Å². The lowest BCUT2D eigenvalue weighted by molar-refractivity contribution is -0.138. The Balaban J connectivity index is 3.50. The number of carboxylic acid groups (broad SMARTS) is 1. The van der Waals surface area contributed by atoms with E-state index in [9.17, 15) is 4.79 Å². The summed E-state index contributed by atoms with van der Waals surface area (Å²) in [6.45, 7) is 1.73. The summed E-state index contributed by atoms with van der Waals surface area (Å²) in [6, 6.07) is 0. The quantitative estimate of drug-likeness (QED) is 0.543. The lowest BCUT2D eigenvalue weighted by atomic mass is 10.2. The van der Waals surface area contributed by atoms with E-state index in [0.29, 0.717) is 0 Å². The Hall–Kier alpha value is -0.830. The zero-order valence-electron chi connectivity index (χ0n) is 5.24. The van der Waals surface area contributed by atoms with Crippen LogP contribution in [0.1, 0.15) is 13.3 Å². The molecule has 0 saturated carbocycles. The van der Waals surface area contributed by atoms with Crippen molar-refractivity contribution in [3.8, 4) is 0 Å². The molecule has 1 atom stereocenters. The Kier molecular flexibility index (Phi) is 3.71. The minimum Gasteiger partial charge on any atom is -0.481 e. The second kappa shape index (κ2) is 4.09. The maximum atomic E-state index is 9.89. The third-order valence-corrected chi connectivity index (χ3v) is 0.798. The number of carbonyl (C=O) groups is 1. The molecule has 0 aromatic carbocycles. The van der Waals surface area contributed by atoms with Crippen LogP contribution in [0.15, 0.2) is 12.2 Å². The topological polar surface area (TPSA) is 57.5 Å². The molecule has 0 amide bonds. The van der Waals surface area contributed by atoms with Gasteiger partial charge in [0.15, 0.2) is 0 Å². The molecule has 0 fully saturated rings. The Morgan fingerprint density at radius 1 is 1.78 bits per heavy atom. The van der Waals surface area contributed by atoms with Crippen LogP contribution in [0.3, 0.4) is 0 Å². The lowest BCUT2D eigenvalue weighted by Gasteiger charge is -1.97. The molecule has 0 saturated heterocycles. The zero-order valence-corrected chi connectivity index (χ0v) is 5.24. The molecule has 0 aliphatic carbocycles. The smallest absolute Gasteiger partial charge is 0.306 e. The standard InChI is InChI=1S/C6H10O3/c1-2-3-5(7)4-6(8)9/h2-3,5,7H,4H2,1H3,(H,8,9). The Morgan fingerprint density at radius 3 is 2.67 bits per heavy atom. The SMILES string of the molecule is CC=CC(O)CC(=O)O. The monoisotopic (exact) mass is 130 g/mol. The van der Waals surface area contributed by atoms with E-state index in [4.69, 9.17) is 10.2 Å². The van der Waals surface area contributed by atoms with Crippen LogP contribution >= 0.6 is 0 Å². The van der Waals surface area contributed by atoms with Gasteiger partial charge < -0.3 is 10.2 Å². The van der Waals surface area contributed by atoms with Crippen LogP contribution in [-0.4, -0.2) is 22.3 Å². The highest BCUT2D eigenvalue weighted by molar-refractivity contribution is 5.67. The Labute approximate surface area is 53.6 Å². The van der Waals surface area contributed by atoms with Crippen LogP contribution in [0.25, 0.3) is 0 Å². The van der Waals surface area contributed by atoms with Gasteiger partial charge in [0.2, 0.25) is 0 Å². The maximum absolute atomic E-state index is 9.89. The number of allylic oxidation sites excluding steroid dienone is 1. The van der Waals surface area contributed by atoms with Crippen LogP contribution in [0, 0.1) is 0 Å². The van der Waals surface area contributed by atoms with Crippen molar-refractivity contribution < 1.29 is 15.0 Å². The van der Waals surface area contributed by atoms with Crippen LogP contribution in [0.4, 0.5) is 0 Å². The zero-order chi connectivity index (χ0) is 7.28. The van der Waals surface area contributed by atoms with Gasteiger partial charge in [0.1, 0.15) is 0 Å². The fourth-order valence-electron chi connectivity index (χ4n) is 0.469. The number of carboxylic acids is 1. The average Bonchev–Trinajstić information content (AvgIpc) is 1.63. The second-order valence-corrected chi connectivity index (χ2v) is 1.69. The molecule has 3 heteroatoms. The summed E-state index contributed by atoms with van der Waals surface area (Å²) in [5.74, 6) is -0.986. The molecule has 9 heavy (non-hydrogen) atoms. The second-order valence-electron chi connectivity index (χ2n) is 1.69. The third kappa shape index (κ3) is 5.03. The van der Waals surface area contributed by atoms with Gasteiger partial charge in [-0.2, -0.15) is 0 Å². The van der Waals surface area contributed by atoms with E-state index in [1.165, 1.54) is 6.08 Å². The minimum absolute atomic E-state index is 0.218. The molecule has 52 valence electrons. The molecule has 0 aromatic heterocycles.